The van der Waals surface area contributed by atoms with E-state index in [1.165, 1.54) is 17.6 Å². The van der Waals surface area contributed by atoms with Crippen LogP contribution in [0.25, 0.3) is 0 Å². The zero-order valence-corrected chi connectivity index (χ0v) is 30.0. The maximum atomic E-state index is 9.59. The highest BCUT2D eigenvalue weighted by Crippen LogP contribution is 2.51. The molecule has 0 saturated heterocycles. The molecule has 0 unspecified atom stereocenters. The van der Waals surface area contributed by atoms with Gasteiger partial charge in [0.05, 0.1) is 12.2 Å². The second-order valence-corrected chi connectivity index (χ2v) is 25.6. The lowest BCUT2D eigenvalue weighted by Crippen LogP contribution is -2.45. The molecule has 1 saturated carbocycles. The van der Waals surface area contributed by atoms with Crippen molar-refractivity contribution < 1.29 is 14.0 Å². The largest absolute Gasteiger partial charge is 0.413 e. The van der Waals surface area contributed by atoms with Crippen molar-refractivity contribution in [1.82, 2.24) is 0 Å². The Morgan fingerprint density at radius 3 is 2.21 bits per heavy atom. The minimum atomic E-state index is -1.91. The van der Waals surface area contributed by atoms with E-state index in [4.69, 9.17) is 8.85 Å². The molecule has 0 aromatic rings. The standard InChI is InChI=1S/C34H64O3Si2/c1-25(2)15-14-16-26(3)21-29(36-38(10,11)33(4,5)6)17-18-30-31-23-27(19-20-35)22-28(31)24-32(30)37-39(12,13)34(7,8)9/h15,17-18,22,26,28-32,35H,14,16,19-21,23-24H2,1-13H3/b18-17+/t26-,28+,29-,30-,31+,32-/m1/s1. The molecule has 3 nitrogen and oxygen atoms in total. The first-order valence-electron chi connectivity index (χ1n) is 15.7. The summed E-state index contributed by atoms with van der Waals surface area (Å²) in [6, 6.07) is 0. The molecule has 0 bridgehead atoms. The van der Waals surface area contributed by atoms with Gasteiger partial charge in [0.25, 0.3) is 0 Å². The molecular weight excluding hydrogens is 513 g/mol. The molecular formula is C34H64O3Si2. The fourth-order valence-electron chi connectivity index (χ4n) is 5.74. The van der Waals surface area contributed by atoms with Crippen molar-refractivity contribution in [3.63, 3.8) is 0 Å². The van der Waals surface area contributed by atoms with Crippen LogP contribution in [0.4, 0.5) is 0 Å². The molecule has 226 valence electrons. The van der Waals surface area contributed by atoms with E-state index in [0.29, 0.717) is 23.7 Å². The van der Waals surface area contributed by atoms with E-state index >= 15 is 0 Å². The normalized spacial score (nSPS) is 26.1. The second-order valence-electron chi connectivity index (χ2n) is 16.1. The monoisotopic (exact) mass is 576 g/mol. The van der Waals surface area contributed by atoms with E-state index in [9.17, 15) is 5.11 Å². The third-order valence-electron chi connectivity index (χ3n) is 10.3. The predicted octanol–water partition coefficient (Wildman–Crippen LogP) is 10.1. The third kappa shape index (κ3) is 9.80. The molecule has 0 aromatic heterocycles. The van der Waals surface area contributed by atoms with Gasteiger partial charge in [-0.25, -0.2) is 0 Å². The van der Waals surface area contributed by atoms with Crippen molar-refractivity contribution in [2.75, 3.05) is 6.61 Å². The average molecular weight is 577 g/mol. The minimum absolute atomic E-state index is 0.145. The molecule has 1 fully saturated rings. The molecule has 39 heavy (non-hydrogen) atoms. The van der Waals surface area contributed by atoms with Crippen molar-refractivity contribution >= 4 is 16.6 Å². The summed E-state index contributed by atoms with van der Waals surface area (Å²) in [4.78, 5) is 0. The number of hydrogen-bond acceptors (Lipinski definition) is 3. The zero-order valence-electron chi connectivity index (χ0n) is 28.0. The van der Waals surface area contributed by atoms with E-state index in [1.807, 2.05) is 0 Å². The number of fused-ring (bicyclic) bond motifs is 1. The lowest BCUT2D eigenvalue weighted by atomic mass is 9.88. The Balaban J connectivity index is 2.33. The molecule has 0 aliphatic heterocycles. The molecule has 0 radical (unpaired) electrons. The molecule has 2 rings (SSSR count). The van der Waals surface area contributed by atoms with Gasteiger partial charge in [0.15, 0.2) is 16.6 Å². The van der Waals surface area contributed by atoms with Gasteiger partial charge in [-0.05, 0) is 106 Å². The molecule has 5 heteroatoms. The first-order chi connectivity index (χ1) is 17.8. The van der Waals surface area contributed by atoms with Crippen LogP contribution in [0.2, 0.25) is 36.3 Å². The number of aliphatic hydroxyl groups excluding tert-OH is 1. The minimum Gasteiger partial charge on any atom is -0.413 e. The van der Waals surface area contributed by atoms with Gasteiger partial charge in [-0.2, -0.15) is 0 Å². The molecule has 1 N–H and O–H groups in total. The van der Waals surface area contributed by atoms with Crippen LogP contribution in [0.5, 0.6) is 0 Å². The molecule has 0 amide bonds. The predicted molar refractivity (Wildman–Crippen MR) is 175 cm³/mol. The summed E-state index contributed by atoms with van der Waals surface area (Å²) < 4.78 is 14.2. The Kier molecular flexibility index (Phi) is 12.2. The molecule has 0 heterocycles. The van der Waals surface area contributed by atoms with E-state index in [2.05, 4.69) is 113 Å². The SMILES string of the molecule is CC(C)=CCC[C@@H](C)C[C@@H](/C=C/[C@@H]1[C@H]2CC(CCO)=C[C@H]2C[C@H]1O[Si](C)(C)C(C)(C)C)O[Si](C)(C)C(C)(C)C. The molecule has 6 atom stereocenters. The van der Waals surface area contributed by atoms with Gasteiger partial charge >= 0.3 is 0 Å². The fraction of sp³-hybridized carbons (Fsp3) is 0.824. The first kappa shape index (κ1) is 34.7. The Bertz CT molecular complexity index is 868. The number of aliphatic hydroxyl groups is 1. The molecule has 0 spiro atoms. The van der Waals surface area contributed by atoms with Crippen LogP contribution in [-0.2, 0) is 8.85 Å². The van der Waals surface area contributed by atoms with Crippen LogP contribution in [0.1, 0.15) is 101 Å². The van der Waals surface area contributed by atoms with Gasteiger partial charge in [0.2, 0.25) is 0 Å². The quantitative estimate of drug-likeness (QED) is 0.175. The van der Waals surface area contributed by atoms with Crippen molar-refractivity contribution in [1.29, 1.82) is 0 Å². The van der Waals surface area contributed by atoms with Gasteiger partial charge < -0.3 is 14.0 Å². The Labute approximate surface area is 245 Å². The maximum Gasteiger partial charge on any atom is 0.192 e. The topological polar surface area (TPSA) is 38.7 Å². The Morgan fingerprint density at radius 2 is 1.67 bits per heavy atom. The molecule has 0 aromatic carbocycles. The number of hydrogen-bond donors (Lipinski definition) is 1. The lowest BCUT2D eigenvalue weighted by Gasteiger charge is -2.40. The molecule has 2 aliphatic carbocycles. The van der Waals surface area contributed by atoms with Gasteiger partial charge in [-0.3, -0.25) is 0 Å². The summed E-state index contributed by atoms with van der Waals surface area (Å²) in [5.74, 6) is 2.17. The van der Waals surface area contributed by atoms with Crippen LogP contribution in [0.3, 0.4) is 0 Å². The van der Waals surface area contributed by atoms with Gasteiger partial charge in [-0.1, -0.05) is 83.9 Å². The lowest BCUT2D eigenvalue weighted by molar-refractivity contribution is 0.146. The second kappa shape index (κ2) is 13.7. The van der Waals surface area contributed by atoms with Gasteiger partial charge in [0, 0.05) is 12.5 Å². The maximum absolute atomic E-state index is 9.59. The number of rotatable bonds is 13. The summed E-state index contributed by atoms with van der Waals surface area (Å²) in [5.41, 5.74) is 2.85. The van der Waals surface area contributed by atoms with Crippen LogP contribution in [-0.4, -0.2) is 40.6 Å². The van der Waals surface area contributed by atoms with E-state index < -0.39 is 16.6 Å². The van der Waals surface area contributed by atoms with Gasteiger partial charge in [-0.15, -0.1) is 0 Å². The van der Waals surface area contributed by atoms with Crippen LogP contribution < -0.4 is 0 Å². The summed E-state index contributed by atoms with van der Waals surface area (Å²) >= 11 is 0. The summed E-state index contributed by atoms with van der Waals surface area (Å²) in [6.07, 6.45) is 16.7. The van der Waals surface area contributed by atoms with Crippen molar-refractivity contribution in [2.45, 2.75) is 149 Å². The molecule has 2 aliphatic rings. The summed E-state index contributed by atoms with van der Waals surface area (Å²) in [5, 5.41) is 9.97. The Morgan fingerprint density at radius 1 is 1.05 bits per heavy atom. The number of allylic oxidation sites excluding steroid dienone is 3. The third-order valence-corrected chi connectivity index (χ3v) is 19.3. The highest BCUT2D eigenvalue weighted by molar-refractivity contribution is 6.74. The van der Waals surface area contributed by atoms with Crippen molar-refractivity contribution in [2.24, 2.45) is 23.7 Å². The van der Waals surface area contributed by atoms with E-state index in [0.717, 1.165) is 32.1 Å². The van der Waals surface area contributed by atoms with Crippen LogP contribution >= 0.6 is 0 Å². The highest BCUT2D eigenvalue weighted by atomic mass is 28.4. The van der Waals surface area contributed by atoms with Crippen molar-refractivity contribution in [3.05, 3.63) is 35.5 Å². The van der Waals surface area contributed by atoms with Crippen molar-refractivity contribution in [3.8, 4) is 0 Å². The van der Waals surface area contributed by atoms with Gasteiger partial charge in [0.1, 0.15) is 0 Å². The Hall–Kier alpha value is -0.466. The summed E-state index contributed by atoms with van der Waals surface area (Å²) in [6.45, 7) is 30.7. The van der Waals surface area contributed by atoms with Crippen LogP contribution in [0, 0.1) is 23.7 Å². The first-order valence-corrected chi connectivity index (χ1v) is 21.6. The smallest absolute Gasteiger partial charge is 0.192 e. The fourth-order valence-corrected chi connectivity index (χ4v) is 8.38. The zero-order chi connectivity index (χ0) is 29.8. The van der Waals surface area contributed by atoms with Crippen LogP contribution in [0.15, 0.2) is 35.5 Å². The highest BCUT2D eigenvalue weighted by Gasteiger charge is 2.48. The summed E-state index contributed by atoms with van der Waals surface area (Å²) in [7, 11) is -3.80. The van der Waals surface area contributed by atoms with E-state index in [-0.39, 0.29) is 28.9 Å². The average Bonchev–Trinajstić information content (AvgIpc) is 3.26. The van der Waals surface area contributed by atoms with E-state index in [1.54, 1.807) is 0 Å².